The zero-order valence-electron chi connectivity index (χ0n) is 14.5. The minimum atomic E-state index is -4.45. The van der Waals surface area contributed by atoms with E-state index in [0.717, 1.165) is 25.9 Å². The van der Waals surface area contributed by atoms with Gasteiger partial charge in [0.05, 0.1) is 16.8 Å². The molecule has 7 heteroatoms. The maximum absolute atomic E-state index is 13.6. The molecule has 24 heavy (non-hydrogen) atoms. The van der Waals surface area contributed by atoms with E-state index in [1.807, 2.05) is 32.6 Å². The highest BCUT2D eigenvalue weighted by atomic mass is 19.4. The lowest BCUT2D eigenvalue weighted by atomic mass is 9.75. The van der Waals surface area contributed by atoms with E-state index < -0.39 is 30.1 Å². The normalized spacial score (nSPS) is 23.1. The van der Waals surface area contributed by atoms with Crippen LogP contribution in [0.25, 0.3) is 0 Å². The van der Waals surface area contributed by atoms with Gasteiger partial charge in [-0.15, -0.1) is 0 Å². The molecule has 0 spiro atoms. The first-order valence-electron chi connectivity index (χ1n) is 8.33. The number of benzene rings is 1. The highest BCUT2D eigenvalue weighted by Gasteiger charge is 2.53. The van der Waals surface area contributed by atoms with Crippen LogP contribution >= 0.6 is 0 Å². The Hall–Kier alpha value is -1.21. The van der Waals surface area contributed by atoms with E-state index >= 15 is 0 Å². The number of rotatable bonds is 2. The number of alkyl halides is 3. The lowest BCUT2D eigenvalue weighted by Gasteiger charge is -2.32. The Labute approximate surface area is 141 Å². The first-order valence-corrected chi connectivity index (χ1v) is 8.33. The van der Waals surface area contributed by atoms with Crippen LogP contribution in [0, 0.1) is 0 Å². The smallest absolute Gasteiger partial charge is 0.399 e. The number of nitrogens with zero attached hydrogens (tertiary/aromatic N) is 1. The minimum absolute atomic E-state index is 0.0455. The van der Waals surface area contributed by atoms with Gasteiger partial charge in [0.2, 0.25) is 0 Å². The quantitative estimate of drug-likeness (QED) is 0.767. The fraction of sp³-hybridized carbons (Fsp3) is 0.647. The molecule has 3 rings (SSSR count). The monoisotopic (exact) mass is 341 g/mol. The summed E-state index contributed by atoms with van der Waals surface area (Å²) in [6, 6.07) is 4.46. The molecule has 0 aliphatic carbocycles. The van der Waals surface area contributed by atoms with Crippen LogP contribution in [-0.4, -0.2) is 31.4 Å². The number of hydrogen-bond acceptors (Lipinski definition) is 3. The molecule has 1 aromatic rings. The summed E-state index contributed by atoms with van der Waals surface area (Å²) in [6.45, 7) is 8.93. The molecule has 0 saturated carbocycles. The molecule has 2 aliphatic rings. The highest BCUT2D eigenvalue weighted by Crippen LogP contribution is 2.39. The summed E-state index contributed by atoms with van der Waals surface area (Å²) in [5.74, 6) is 0. The first kappa shape index (κ1) is 17.6. The van der Waals surface area contributed by atoms with Crippen molar-refractivity contribution in [2.24, 2.45) is 0 Å². The van der Waals surface area contributed by atoms with Gasteiger partial charge in [0, 0.05) is 18.8 Å². The molecule has 0 atom stereocenters. The van der Waals surface area contributed by atoms with Gasteiger partial charge >= 0.3 is 13.3 Å². The molecule has 1 aromatic carbocycles. The molecule has 3 nitrogen and oxygen atoms in total. The maximum atomic E-state index is 13.6. The van der Waals surface area contributed by atoms with Crippen molar-refractivity contribution in [3.63, 3.8) is 0 Å². The minimum Gasteiger partial charge on any atom is -0.399 e. The molecular formula is C17H23BF3NO2. The van der Waals surface area contributed by atoms with E-state index in [9.17, 15) is 13.2 Å². The second-order valence-corrected chi connectivity index (χ2v) is 7.55. The second-order valence-electron chi connectivity index (χ2n) is 7.55. The summed E-state index contributed by atoms with van der Waals surface area (Å²) in [5.41, 5.74) is -1.36. The van der Waals surface area contributed by atoms with Crippen LogP contribution in [0.1, 0.15) is 46.1 Å². The Morgan fingerprint density at radius 2 is 1.54 bits per heavy atom. The van der Waals surface area contributed by atoms with Gasteiger partial charge in [-0.1, -0.05) is 6.07 Å². The summed E-state index contributed by atoms with van der Waals surface area (Å²) >= 11 is 0. The molecule has 2 fully saturated rings. The van der Waals surface area contributed by atoms with Crippen LogP contribution in [0.4, 0.5) is 18.9 Å². The average Bonchev–Trinajstić information content (AvgIpc) is 3.04. The third-order valence-corrected chi connectivity index (χ3v) is 5.32. The van der Waals surface area contributed by atoms with Crippen molar-refractivity contribution in [1.29, 1.82) is 0 Å². The second kappa shape index (κ2) is 5.66. The van der Waals surface area contributed by atoms with Gasteiger partial charge in [0.25, 0.3) is 0 Å². The van der Waals surface area contributed by atoms with Crippen molar-refractivity contribution >= 4 is 18.3 Å². The molecule has 132 valence electrons. The van der Waals surface area contributed by atoms with Crippen molar-refractivity contribution in [3.8, 4) is 0 Å². The molecule has 0 aromatic heterocycles. The molecule has 0 amide bonds. The summed E-state index contributed by atoms with van der Waals surface area (Å²) in [6.07, 6.45) is -2.42. The Balaban J connectivity index is 1.99. The molecule has 0 N–H and O–H groups in total. The van der Waals surface area contributed by atoms with Gasteiger partial charge in [0.15, 0.2) is 0 Å². The topological polar surface area (TPSA) is 21.7 Å². The van der Waals surface area contributed by atoms with Crippen molar-refractivity contribution < 1.29 is 22.5 Å². The predicted octanol–water partition coefficient (Wildman–Crippen LogP) is 3.60. The Bertz CT molecular complexity index is 609. The van der Waals surface area contributed by atoms with Crippen LogP contribution in [-0.2, 0) is 15.5 Å². The lowest BCUT2D eigenvalue weighted by Crippen LogP contribution is -2.41. The number of anilines is 1. The van der Waals surface area contributed by atoms with Crippen LogP contribution in [0.2, 0.25) is 0 Å². The van der Waals surface area contributed by atoms with Crippen molar-refractivity contribution in [1.82, 2.24) is 0 Å². The van der Waals surface area contributed by atoms with Crippen LogP contribution in [0.15, 0.2) is 18.2 Å². The van der Waals surface area contributed by atoms with Crippen molar-refractivity contribution in [2.75, 3.05) is 18.0 Å². The molecule has 0 radical (unpaired) electrons. The van der Waals surface area contributed by atoms with Gasteiger partial charge in [-0.25, -0.2) is 0 Å². The number of hydrogen-bond donors (Lipinski definition) is 0. The third-order valence-electron chi connectivity index (χ3n) is 5.32. The molecule has 2 heterocycles. The van der Waals surface area contributed by atoms with Gasteiger partial charge in [-0.3, -0.25) is 0 Å². The highest BCUT2D eigenvalue weighted by molar-refractivity contribution is 6.62. The van der Waals surface area contributed by atoms with Crippen LogP contribution in [0.3, 0.4) is 0 Å². The summed E-state index contributed by atoms with van der Waals surface area (Å²) in [7, 11) is -1.01. The lowest BCUT2D eigenvalue weighted by molar-refractivity contribution is -0.136. The molecule has 0 bridgehead atoms. The van der Waals surface area contributed by atoms with Crippen LogP contribution < -0.4 is 10.4 Å². The average molecular weight is 341 g/mol. The SMILES string of the molecule is CC1(C)OB(c2ccc(N3CCCC3)cc2C(F)(F)F)OC1(C)C. The zero-order chi connectivity index (χ0) is 17.8. The van der Waals surface area contributed by atoms with Gasteiger partial charge in [-0.05, 0) is 58.1 Å². The first-order chi connectivity index (χ1) is 11.0. The van der Waals surface area contributed by atoms with Crippen LogP contribution in [0.5, 0.6) is 0 Å². The molecular weight excluding hydrogens is 318 g/mol. The number of halogens is 3. The fourth-order valence-corrected chi connectivity index (χ4v) is 3.14. The van der Waals surface area contributed by atoms with Crippen molar-refractivity contribution in [3.05, 3.63) is 23.8 Å². The van der Waals surface area contributed by atoms with E-state index in [0.29, 0.717) is 5.69 Å². The van der Waals surface area contributed by atoms with Gasteiger partial charge < -0.3 is 14.2 Å². The van der Waals surface area contributed by atoms with E-state index in [-0.39, 0.29) is 5.46 Å². The van der Waals surface area contributed by atoms with Crippen molar-refractivity contribution in [2.45, 2.75) is 57.9 Å². The largest absolute Gasteiger partial charge is 0.495 e. The van der Waals surface area contributed by atoms with E-state index in [4.69, 9.17) is 9.31 Å². The Kier molecular flexibility index (Phi) is 4.16. The summed E-state index contributed by atoms with van der Waals surface area (Å²) in [5, 5.41) is 0. The molecule has 2 saturated heterocycles. The summed E-state index contributed by atoms with van der Waals surface area (Å²) in [4.78, 5) is 1.99. The Morgan fingerprint density at radius 3 is 2.04 bits per heavy atom. The standard InChI is InChI=1S/C17H23BF3NO2/c1-15(2)16(3,4)24-18(23-15)14-8-7-12(22-9-5-6-10-22)11-13(14)17(19,20)21/h7-8,11H,5-6,9-10H2,1-4H3. The molecule has 0 unspecified atom stereocenters. The maximum Gasteiger partial charge on any atom is 0.495 e. The van der Waals surface area contributed by atoms with E-state index in [1.165, 1.54) is 12.1 Å². The molecule has 2 aliphatic heterocycles. The predicted molar refractivity (Wildman–Crippen MR) is 88.6 cm³/mol. The van der Waals surface area contributed by atoms with Gasteiger partial charge in [-0.2, -0.15) is 13.2 Å². The third kappa shape index (κ3) is 3.04. The van der Waals surface area contributed by atoms with Gasteiger partial charge in [0.1, 0.15) is 0 Å². The van der Waals surface area contributed by atoms with E-state index in [1.54, 1.807) is 6.07 Å². The summed E-state index contributed by atoms with van der Waals surface area (Å²) < 4.78 is 52.5. The fourth-order valence-electron chi connectivity index (χ4n) is 3.14. The zero-order valence-corrected chi connectivity index (χ0v) is 14.5. The van der Waals surface area contributed by atoms with E-state index in [2.05, 4.69) is 0 Å². The Morgan fingerprint density at radius 1 is 1.00 bits per heavy atom.